The predicted octanol–water partition coefficient (Wildman–Crippen LogP) is 5.54. The molecule has 142 valence electrons. The van der Waals surface area contributed by atoms with E-state index in [0.29, 0.717) is 28.0 Å². The van der Waals surface area contributed by atoms with Crippen molar-refractivity contribution in [3.8, 4) is 11.4 Å². The van der Waals surface area contributed by atoms with Gasteiger partial charge in [-0.05, 0) is 43.0 Å². The summed E-state index contributed by atoms with van der Waals surface area (Å²) in [5.74, 6) is 0.709. The van der Waals surface area contributed by atoms with Gasteiger partial charge in [0.15, 0.2) is 12.1 Å². The number of nitrogens with one attached hydrogen (secondary N) is 1. The zero-order valence-electron chi connectivity index (χ0n) is 15.0. The molecule has 0 radical (unpaired) electrons. The molecule has 0 atom stereocenters. The lowest BCUT2D eigenvalue weighted by Crippen LogP contribution is -2.07. The zero-order chi connectivity index (χ0) is 19.5. The van der Waals surface area contributed by atoms with Crippen molar-refractivity contribution in [2.24, 2.45) is 0 Å². The number of anilines is 2. The summed E-state index contributed by atoms with van der Waals surface area (Å²) in [6, 6.07) is 6.00. The van der Waals surface area contributed by atoms with Crippen LogP contribution in [0.2, 0.25) is 5.02 Å². The minimum atomic E-state index is -0.443. The Morgan fingerprint density at radius 1 is 1.18 bits per heavy atom. The molecular weight excluding hydrogens is 379 g/mol. The van der Waals surface area contributed by atoms with Gasteiger partial charge in [-0.15, -0.1) is 0 Å². The molecule has 1 aromatic carbocycles. The van der Waals surface area contributed by atoms with E-state index in [1.807, 2.05) is 0 Å². The highest BCUT2D eigenvalue weighted by Gasteiger charge is 2.23. The molecule has 4 rings (SSSR count). The average molecular weight is 397 g/mol. The Balaban J connectivity index is 1.80. The molecule has 1 saturated carbocycles. The van der Waals surface area contributed by atoms with E-state index in [4.69, 9.17) is 11.6 Å². The third kappa shape index (κ3) is 3.73. The minimum Gasteiger partial charge on any atom is -0.339 e. The fraction of sp³-hybridized carbons (Fsp3) is 0.238. The van der Waals surface area contributed by atoms with Gasteiger partial charge in [0.25, 0.3) is 0 Å². The smallest absolute Gasteiger partial charge is 0.164 e. The summed E-state index contributed by atoms with van der Waals surface area (Å²) in [5.41, 5.74) is 2.23. The van der Waals surface area contributed by atoms with Crippen molar-refractivity contribution in [2.75, 3.05) is 5.32 Å². The molecule has 7 heteroatoms. The van der Waals surface area contributed by atoms with Gasteiger partial charge < -0.3 is 5.32 Å². The Hall–Kier alpha value is -2.86. The highest BCUT2D eigenvalue weighted by Crippen LogP contribution is 2.38. The van der Waals surface area contributed by atoms with Crippen LogP contribution in [0.25, 0.3) is 11.4 Å². The number of carbonyl (C=O) groups is 1. The van der Waals surface area contributed by atoms with Gasteiger partial charge in [-0.25, -0.2) is 14.4 Å². The molecule has 0 bridgehead atoms. The standard InChI is InChI=1S/C21H18ClFN4O/c22-15-5-6-18(23)16(9-15)20-25-11-17(13-3-1-2-4-13)21(27-20)26-19-7-8-24-10-14(19)12-28/h5-13H,1-4H2,(H,24,25,26,27). The van der Waals surface area contributed by atoms with E-state index in [1.165, 1.54) is 24.4 Å². The molecule has 0 saturated heterocycles. The van der Waals surface area contributed by atoms with Crippen molar-refractivity contribution in [1.82, 2.24) is 15.0 Å². The minimum absolute atomic E-state index is 0.235. The first kappa shape index (κ1) is 18.5. The third-order valence-electron chi connectivity index (χ3n) is 5.01. The lowest BCUT2D eigenvalue weighted by Gasteiger charge is -2.17. The summed E-state index contributed by atoms with van der Waals surface area (Å²) < 4.78 is 14.3. The summed E-state index contributed by atoms with van der Waals surface area (Å²) in [6.07, 6.45) is 10.0. The van der Waals surface area contributed by atoms with E-state index in [1.54, 1.807) is 18.5 Å². The van der Waals surface area contributed by atoms with Gasteiger partial charge in [0.2, 0.25) is 0 Å². The van der Waals surface area contributed by atoms with E-state index in [-0.39, 0.29) is 11.4 Å². The summed E-state index contributed by atoms with van der Waals surface area (Å²) >= 11 is 6.03. The number of aromatic nitrogens is 3. The van der Waals surface area contributed by atoms with Crippen molar-refractivity contribution in [2.45, 2.75) is 31.6 Å². The van der Waals surface area contributed by atoms with Gasteiger partial charge in [0.1, 0.15) is 11.6 Å². The molecule has 28 heavy (non-hydrogen) atoms. The van der Waals surface area contributed by atoms with Crippen LogP contribution in [0.1, 0.15) is 47.5 Å². The van der Waals surface area contributed by atoms with Crippen LogP contribution in [0.3, 0.4) is 0 Å². The van der Waals surface area contributed by atoms with Crippen LogP contribution in [0.5, 0.6) is 0 Å². The molecule has 1 aliphatic carbocycles. The number of aldehydes is 1. The van der Waals surface area contributed by atoms with Crippen LogP contribution < -0.4 is 5.32 Å². The lowest BCUT2D eigenvalue weighted by atomic mass is 9.99. The van der Waals surface area contributed by atoms with Gasteiger partial charge in [0.05, 0.1) is 16.8 Å². The molecule has 2 aromatic heterocycles. The van der Waals surface area contributed by atoms with Crippen molar-refractivity contribution in [3.05, 3.63) is 64.8 Å². The largest absolute Gasteiger partial charge is 0.339 e. The maximum absolute atomic E-state index is 14.3. The highest BCUT2D eigenvalue weighted by molar-refractivity contribution is 6.30. The molecule has 0 aliphatic heterocycles. The quantitative estimate of drug-likeness (QED) is 0.573. The first-order valence-electron chi connectivity index (χ1n) is 9.14. The molecule has 2 heterocycles. The number of carbonyl (C=O) groups excluding carboxylic acids is 1. The Morgan fingerprint density at radius 2 is 2.00 bits per heavy atom. The van der Waals surface area contributed by atoms with Gasteiger partial charge in [0, 0.05) is 29.2 Å². The Kier molecular flexibility index (Phi) is 5.30. The molecule has 0 spiro atoms. The maximum Gasteiger partial charge on any atom is 0.164 e. The van der Waals surface area contributed by atoms with Gasteiger partial charge in [-0.1, -0.05) is 24.4 Å². The number of nitrogens with zero attached hydrogens (tertiary/aromatic N) is 3. The van der Waals surface area contributed by atoms with Crippen molar-refractivity contribution in [3.63, 3.8) is 0 Å². The maximum atomic E-state index is 14.3. The Morgan fingerprint density at radius 3 is 2.79 bits per heavy atom. The van der Waals surface area contributed by atoms with Crippen molar-refractivity contribution in [1.29, 1.82) is 0 Å². The highest BCUT2D eigenvalue weighted by atomic mass is 35.5. The number of halogens is 2. The molecule has 5 nitrogen and oxygen atoms in total. The fourth-order valence-electron chi connectivity index (χ4n) is 3.57. The van der Waals surface area contributed by atoms with Crippen molar-refractivity contribution >= 4 is 29.4 Å². The summed E-state index contributed by atoms with van der Waals surface area (Å²) in [4.78, 5) is 24.3. The molecule has 0 amide bonds. The summed E-state index contributed by atoms with van der Waals surface area (Å²) in [7, 11) is 0. The topological polar surface area (TPSA) is 67.8 Å². The summed E-state index contributed by atoms with van der Waals surface area (Å²) in [6.45, 7) is 0. The van der Waals surface area contributed by atoms with E-state index in [2.05, 4.69) is 20.3 Å². The Labute approximate surface area is 167 Å². The molecule has 1 aliphatic rings. The van der Waals surface area contributed by atoms with Crippen LogP contribution in [0.15, 0.2) is 42.9 Å². The zero-order valence-corrected chi connectivity index (χ0v) is 15.8. The first-order chi connectivity index (χ1) is 13.7. The fourth-order valence-corrected chi connectivity index (χ4v) is 3.74. The Bertz CT molecular complexity index is 1020. The van der Waals surface area contributed by atoms with Crippen molar-refractivity contribution < 1.29 is 9.18 Å². The summed E-state index contributed by atoms with van der Waals surface area (Å²) in [5, 5.41) is 3.64. The second-order valence-corrected chi connectivity index (χ2v) is 7.25. The van der Waals surface area contributed by atoms with Crippen LogP contribution in [0, 0.1) is 5.82 Å². The first-order valence-corrected chi connectivity index (χ1v) is 9.52. The van der Waals surface area contributed by atoms with E-state index < -0.39 is 5.82 Å². The molecule has 1 fully saturated rings. The second-order valence-electron chi connectivity index (χ2n) is 6.81. The number of rotatable bonds is 5. The van der Waals surface area contributed by atoms with Crippen LogP contribution in [-0.4, -0.2) is 21.2 Å². The lowest BCUT2D eigenvalue weighted by molar-refractivity contribution is 0.112. The number of hydrogen-bond acceptors (Lipinski definition) is 5. The van der Waals surface area contributed by atoms with Gasteiger partial charge in [-0.2, -0.15) is 0 Å². The number of benzene rings is 1. The molecule has 3 aromatic rings. The third-order valence-corrected chi connectivity index (χ3v) is 5.25. The average Bonchev–Trinajstić information content (AvgIpc) is 3.25. The van der Waals surface area contributed by atoms with Crippen LogP contribution >= 0.6 is 11.6 Å². The van der Waals surface area contributed by atoms with E-state index >= 15 is 0 Å². The van der Waals surface area contributed by atoms with E-state index in [0.717, 1.165) is 37.5 Å². The predicted molar refractivity (Wildman–Crippen MR) is 107 cm³/mol. The van der Waals surface area contributed by atoms with Gasteiger partial charge >= 0.3 is 0 Å². The molecule has 1 N–H and O–H groups in total. The molecule has 0 unspecified atom stereocenters. The number of hydrogen-bond donors (Lipinski definition) is 1. The normalized spacial score (nSPS) is 14.2. The van der Waals surface area contributed by atoms with E-state index in [9.17, 15) is 9.18 Å². The van der Waals surface area contributed by atoms with Crippen LogP contribution in [0.4, 0.5) is 15.9 Å². The van der Waals surface area contributed by atoms with Gasteiger partial charge in [-0.3, -0.25) is 9.78 Å². The SMILES string of the molecule is O=Cc1cnccc1Nc1nc(-c2cc(Cl)ccc2F)ncc1C1CCCC1. The van der Waals surface area contributed by atoms with Crippen LogP contribution in [-0.2, 0) is 0 Å². The monoisotopic (exact) mass is 396 g/mol. The molecular formula is C21H18ClFN4O. The number of pyridine rings is 1. The second kappa shape index (κ2) is 8.02.